The molecule has 1 fully saturated rings. The van der Waals surface area contributed by atoms with Gasteiger partial charge in [-0.1, -0.05) is 24.3 Å². The van der Waals surface area contributed by atoms with Crippen molar-refractivity contribution in [1.82, 2.24) is 10.2 Å². The molecular formula is C20H17FN2O4. The van der Waals surface area contributed by atoms with Gasteiger partial charge in [-0.3, -0.25) is 19.7 Å². The Morgan fingerprint density at radius 3 is 2.70 bits per heavy atom. The topological polar surface area (TPSA) is 75.7 Å². The molecule has 2 aliphatic heterocycles. The van der Waals surface area contributed by atoms with Crippen LogP contribution >= 0.6 is 0 Å². The molecule has 0 aliphatic carbocycles. The third-order valence-corrected chi connectivity index (χ3v) is 4.88. The van der Waals surface area contributed by atoms with Gasteiger partial charge in [-0.2, -0.15) is 0 Å². The fourth-order valence-corrected chi connectivity index (χ4v) is 3.46. The highest BCUT2D eigenvalue weighted by Crippen LogP contribution is 2.34. The lowest BCUT2D eigenvalue weighted by atomic mass is 10.0. The van der Waals surface area contributed by atoms with E-state index >= 15 is 0 Å². The smallest absolute Gasteiger partial charge is 0.255 e. The van der Waals surface area contributed by atoms with Gasteiger partial charge in [-0.25, -0.2) is 4.39 Å². The summed E-state index contributed by atoms with van der Waals surface area (Å²) >= 11 is 0. The van der Waals surface area contributed by atoms with Gasteiger partial charge >= 0.3 is 0 Å². The highest BCUT2D eigenvalue weighted by Gasteiger charge is 2.40. The van der Waals surface area contributed by atoms with Crippen LogP contribution in [0.4, 0.5) is 4.39 Å². The van der Waals surface area contributed by atoms with Gasteiger partial charge in [-0.05, 0) is 24.6 Å². The first-order valence-corrected chi connectivity index (χ1v) is 8.67. The molecule has 2 aromatic carbocycles. The van der Waals surface area contributed by atoms with E-state index in [-0.39, 0.29) is 37.2 Å². The first-order chi connectivity index (χ1) is 13.0. The lowest BCUT2D eigenvalue weighted by molar-refractivity contribution is -0.136. The number of ether oxygens (including phenoxy) is 1. The quantitative estimate of drug-likeness (QED) is 0.840. The Morgan fingerprint density at radius 1 is 1.11 bits per heavy atom. The average molecular weight is 368 g/mol. The van der Waals surface area contributed by atoms with E-state index in [1.165, 1.54) is 11.0 Å². The van der Waals surface area contributed by atoms with E-state index in [0.717, 1.165) is 0 Å². The predicted octanol–water partition coefficient (Wildman–Crippen LogP) is 2.17. The molecule has 0 radical (unpaired) electrons. The number of benzene rings is 2. The van der Waals surface area contributed by atoms with E-state index in [9.17, 15) is 18.8 Å². The van der Waals surface area contributed by atoms with Gasteiger partial charge in [0.15, 0.2) is 0 Å². The third-order valence-electron chi connectivity index (χ3n) is 4.88. The molecule has 3 amide bonds. The SMILES string of the molecule is O=C1CC[C@@H](N2Cc3c(OCc4ccccc4F)cccc3C2=O)C(=O)N1. The van der Waals surface area contributed by atoms with Crippen molar-refractivity contribution in [2.24, 2.45) is 0 Å². The zero-order chi connectivity index (χ0) is 19.0. The molecule has 0 saturated carbocycles. The van der Waals surface area contributed by atoms with Crippen molar-refractivity contribution in [2.45, 2.75) is 32.0 Å². The normalized spacial score (nSPS) is 19.1. The molecule has 0 spiro atoms. The number of fused-ring (bicyclic) bond motifs is 1. The molecule has 1 N–H and O–H groups in total. The lowest BCUT2D eigenvalue weighted by Crippen LogP contribution is -2.52. The largest absolute Gasteiger partial charge is 0.488 e. The minimum Gasteiger partial charge on any atom is -0.488 e. The molecule has 0 bridgehead atoms. The molecule has 2 heterocycles. The molecule has 0 aromatic heterocycles. The second-order valence-corrected chi connectivity index (χ2v) is 6.56. The average Bonchev–Trinajstić information content (AvgIpc) is 2.98. The summed E-state index contributed by atoms with van der Waals surface area (Å²) in [5, 5.41) is 2.28. The Morgan fingerprint density at radius 2 is 1.93 bits per heavy atom. The van der Waals surface area contributed by atoms with Crippen LogP contribution in [0.15, 0.2) is 42.5 Å². The van der Waals surface area contributed by atoms with Crippen molar-refractivity contribution in [3.8, 4) is 5.75 Å². The van der Waals surface area contributed by atoms with E-state index in [0.29, 0.717) is 28.9 Å². The highest BCUT2D eigenvalue weighted by molar-refractivity contribution is 6.05. The van der Waals surface area contributed by atoms with Gasteiger partial charge < -0.3 is 9.64 Å². The molecule has 138 valence electrons. The van der Waals surface area contributed by atoms with Crippen molar-refractivity contribution in [3.05, 3.63) is 65.0 Å². The zero-order valence-corrected chi connectivity index (χ0v) is 14.4. The van der Waals surface area contributed by atoms with E-state index in [1.54, 1.807) is 36.4 Å². The first-order valence-electron chi connectivity index (χ1n) is 8.67. The van der Waals surface area contributed by atoms with Crippen molar-refractivity contribution >= 4 is 17.7 Å². The lowest BCUT2D eigenvalue weighted by Gasteiger charge is -2.29. The third kappa shape index (κ3) is 3.16. The van der Waals surface area contributed by atoms with Gasteiger partial charge in [0.05, 0.1) is 6.54 Å². The van der Waals surface area contributed by atoms with Crippen LogP contribution < -0.4 is 10.1 Å². The summed E-state index contributed by atoms with van der Waals surface area (Å²) in [7, 11) is 0. The fourth-order valence-electron chi connectivity index (χ4n) is 3.46. The highest BCUT2D eigenvalue weighted by atomic mass is 19.1. The van der Waals surface area contributed by atoms with E-state index in [4.69, 9.17) is 4.74 Å². The standard InChI is InChI=1S/C20H17FN2O4/c21-15-6-2-1-4-12(15)11-27-17-7-3-5-13-14(17)10-23(20(13)26)16-8-9-18(24)22-19(16)25/h1-7,16H,8-11H2,(H,22,24,25)/t16-/m1/s1. The minimum atomic E-state index is -0.679. The number of rotatable bonds is 4. The van der Waals surface area contributed by atoms with Crippen LogP contribution in [-0.2, 0) is 22.7 Å². The second kappa shape index (κ2) is 6.83. The Balaban J connectivity index is 1.55. The number of amides is 3. The number of nitrogens with zero attached hydrogens (tertiary/aromatic N) is 1. The van der Waals surface area contributed by atoms with Gasteiger partial charge in [0.1, 0.15) is 24.2 Å². The van der Waals surface area contributed by atoms with Crippen molar-refractivity contribution in [3.63, 3.8) is 0 Å². The van der Waals surface area contributed by atoms with Crippen molar-refractivity contribution in [2.75, 3.05) is 0 Å². The molecule has 0 unspecified atom stereocenters. The maximum absolute atomic E-state index is 13.8. The summed E-state index contributed by atoms with van der Waals surface area (Å²) < 4.78 is 19.6. The molecule has 27 heavy (non-hydrogen) atoms. The molecule has 1 saturated heterocycles. The summed E-state index contributed by atoms with van der Waals surface area (Å²) in [6, 6.07) is 10.8. The maximum Gasteiger partial charge on any atom is 0.255 e. The molecule has 1 atom stereocenters. The summed E-state index contributed by atoms with van der Waals surface area (Å²) in [4.78, 5) is 37.7. The number of halogens is 1. The first kappa shape index (κ1) is 17.2. The fraction of sp³-hybridized carbons (Fsp3) is 0.250. The Labute approximate surface area is 154 Å². The Bertz CT molecular complexity index is 943. The van der Waals surface area contributed by atoms with Crippen molar-refractivity contribution in [1.29, 1.82) is 0 Å². The van der Waals surface area contributed by atoms with Crippen LogP contribution in [0.3, 0.4) is 0 Å². The monoisotopic (exact) mass is 368 g/mol. The number of nitrogens with one attached hydrogen (secondary N) is 1. The van der Waals surface area contributed by atoms with E-state index in [2.05, 4.69) is 5.32 Å². The van der Waals surface area contributed by atoms with Gasteiger partial charge in [0, 0.05) is 23.1 Å². The van der Waals surface area contributed by atoms with Gasteiger partial charge in [0.25, 0.3) is 5.91 Å². The molecule has 2 aromatic rings. The predicted molar refractivity (Wildman–Crippen MR) is 93.2 cm³/mol. The van der Waals surface area contributed by atoms with E-state index < -0.39 is 11.9 Å². The summed E-state index contributed by atoms with van der Waals surface area (Å²) in [6.07, 6.45) is 0.503. The second-order valence-electron chi connectivity index (χ2n) is 6.56. The Kier molecular flexibility index (Phi) is 4.35. The number of hydrogen-bond donors (Lipinski definition) is 1. The molecule has 2 aliphatic rings. The number of carbonyl (C=O) groups is 3. The number of carbonyl (C=O) groups excluding carboxylic acids is 3. The van der Waals surface area contributed by atoms with Gasteiger partial charge in [-0.15, -0.1) is 0 Å². The van der Waals surface area contributed by atoms with Crippen LogP contribution in [0, 0.1) is 5.82 Å². The Hall–Kier alpha value is -3.22. The molecule has 6 nitrogen and oxygen atoms in total. The van der Waals surface area contributed by atoms with Crippen LogP contribution in [-0.4, -0.2) is 28.7 Å². The maximum atomic E-state index is 13.8. The summed E-state index contributed by atoms with van der Waals surface area (Å²) in [5.74, 6) is -0.920. The number of hydrogen-bond acceptors (Lipinski definition) is 4. The van der Waals surface area contributed by atoms with E-state index in [1.807, 2.05) is 0 Å². The van der Waals surface area contributed by atoms with Gasteiger partial charge in [0.2, 0.25) is 11.8 Å². The summed E-state index contributed by atoms with van der Waals surface area (Å²) in [5.41, 5.74) is 1.55. The minimum absolute atomic E-state index is 0.0374. The molecule has 7 heteroatoms. The number of imide groups is 1. The molecule has 4 rings (SSSR count). The summed E-state index contributed by atoms with van der Waals surface area (Å²) in [6.45, 7) is 0.254. The van der Waals surface area contributed by atoms with Crippen molar-refractivity contribution < 1.29 is 23.5 Å². The number of piperidine rings is 1. The van der Waals surface area contributed by atoms with Crippen LogP contribution in [0.5, 0.6) is 5.75 Å². The van der Waals surface area contributed by atoms with Crippen LogP contribution in [0.2, 0.25) is 0 Å². The van der Waals surface area contributed by atoms with Crippen LogP contribution in [0.1, 0.15) is 34.3 Å². The zero-order valence-electron chi connectivity index (χ0n) is 14.4. The molecular weight excluding hydrogens is 351 g/mol. The van der Waals surface area contributed by atoms with Crippen LogP contribution in [0.25, 0.3) is 0 Å².